The average Bonchev–Trinajstić information content (AvgIpc) is 2.36. The summed E-state index contributed by atoms with van der Waals surface area (Å²) in [4.78, 5) is 0. The van der Waals surface area contributed by atoms with Crippen LogP contribution in [0.15, 0.2) is 53.6 Å². The van der Waals surface area contributed by atoms with Crippen LogP contribution in [-0.4, -0.2) is 14.5 Å². The molecular weight excluding hydrogens is 263 g/mol. The maximum atomic E-state index is 5.53. The molecule has 0 radical (unpaired) electrons. The average molecular weight is 273 g/mol. The number of hydrogen-bond donors (Lipinski definition) is 1. The Morgan fingerprint density at radius 3 is 1.81 bits per heavy atom. The van der Waals surface area contributed by atoms with Crippen molar-refractivity contribution in [3.05, 3.63) is 53.9 Å². The van der Waals surface area contributed by atoms with Crippen LogP contribution in [0.2, 0.25) is 0 Å². The van der Waals surface area contributed by atoms with Crippen molar-refractivity contribution in [2.75, 3.05) is 0 Å². The van der Waals surface area contributed by atoms with E-state index >= 15 is 0 Å². The fourth-order valence-corrected chi connectivity index (χ4v) is 4.17. The third-order valence-corrected chi connectivity index (χ3v) is 5.05. The summed E-state index contributed by atoms with van der Waals surface area (Å²) in [6.07, 6.45) is 0. The normalized spacial score (nSPS) is 10.8. The van der Waals surface area contributed by atoms with Gasteiger partial charge in [-0.05, 0) is 0 Å². The molecule has 2 nitrogen and oxygen atoms in total. The van der Waals surface area contributed by atoms with Crippen molar-refractivity contribution in [1.82, 2.24) is 0 Å². The molecule has 78 valence electrons. The first-order valence-corrected chi connectivity index (χ1v) is 6.76. The van der Waals surface area contributed by atoms with Gasteiger partial charge in [0.25, 0.3) is 0 Å². The first-order chi connectivity index (χ1) is 7.90. The van der Waals surface area contributed by atoms with Crippen LogP contribution in [0.4, 0.5) is 0 Å². The SMILES string of the molecule is NN=c1c2ccccc2[se]c2ccccc12. The predicted molar refractivity (Wildman–Crippen MR) is 68.1 cm³/mol. The summed E-state index contributed by atoms with van der Waals surface area (Å²) in [7, 11) is 0. The summed E-state index contributed by atoms with van der Waals surface area (Å²) in [6, 6.07) is 16.7. The molecule has 0 amide bonds. The Bertz CT molecular complexity index is 671. The summed E-state index contributed by atoms with van der Waals surface area (Å²) in [5.41, 5.74) is 0. The molecule has 0 fully saturated rings. The Morgan fingerprint density at radius 2 is 1.31 bits per heavy atom. The van der Waals surface area contributed by atoms with Crippen molar-refractivity contribution in [1.29, 1.82) is 0 Å². The monoisotopic (exact) mass is 274 g/mol. The van der Waals surface area contributed by atoms with Crippen molar-refractivity contribution >= 4 is 33.8 Å². The van der Waals surface area contributed by atoms with E-state index in [9.17, 15) is 0 Å². The van der Waals surface area contributed by atoms with Gasteiger partial charge in [0.05, 0.1) is 0 Å². The number of nitrogens with two attached hydrogens (primary N) is 1. The molecule has 3 aromatic rings. The van der Waals surface area contributed by atoms with Gasteiger partial charge in [0.15, 0.2) is 0 Å². The summed E-state index contributed by atoms with van der Waals surface area (Å²) in [6.45, 7) is 0. The molecule has 2 N–H and O–H groups in total. The standard InChI is InChI=1S/C13H10N2Se/c14-15-13-9-5-1-3-7-11(9)16-12-8-4-2-6-10(12)13/h1-8H,14H2. The molecule has 1 aromatic heterocycles. The first kappa shape index (κ1) is 9.64. The number of hydrogen-bond acceptors (Lipinski definition) is 2. The number of benzene rings is 2. The molecule has 3 heteroatoms. The fourth-order valence-electron chi connectivity index (χ4n) is 1.91. The van der Waals surface area contributed by atoms with E-state index in [2.05, 4.69) is 41.5 Å². The molecule has 0 saturated carbocycles. The molecule has 0 saturated heterocycles. The molecule has 3 rings (SSSR count). The number of nitrogens with zero attached hydrogens (tertiary/aromatic N) is 1. The van der Waals surface area contributed by atoms with E-state index in [1.165, 1.54) is 19.3 Å². The van der Waals surface area contributed by atoms with Gasteiger partial charge in [0.1, 0.15) is 0 Å². The van der Waals surface area contributed by atoms with Gasteiger partial charge in [-0.25, -0.2) is 0 Å². The van der Waals surface area contributed by atoms with Crippen LogP contribution < -0.4 is 11.2 Å². The fraction of sp³-hybridized carbons (Fsp3) is 0. The summed E-state index contributed by atoms with van der Waals surface area (Å²) < 4.78 is 2.72. The van der Waals surface area contributed by atoms with Gasteiger partial charge in [-0.1, -0.05) is 0 Å². The van der Waals surface area contributed by atoms with Gasteiger partial charge in [0.2, 0.25) is 0 Å². The van der Waals surface area contributed by atoms with E-state index in [1.807, 2.05) is 12.1 Å². The third-order valence-electron chi connectivity index (χ3n) is 2.63. The molecule has 0 aliphatic rings. The quantitative estimate of drug-likeness (QED) is 0.288. The van der Waals surface area contributed by atoms with E-state index in [0.717, 1.165) is 5.36 Å². The van der Waals surface area contributed by atoms with E-state index < -0.39 is 0 Å². The van der Waals surface area contributed by atoms with Crippen molar-refractivity contribution in [2.45, 2.75) is 0 Å². The van der Waals surface area contributed by atoms with Crippen LogP contribution in [0.3, 0.4) is 0 Å². The topological polar surface area (TPSA) is 38.4 Å². The summed E-state index contributed by atoms with van der Waals surface area (Å²) >= 11 is 0.362. The zero-order valence-electron chi connectivity index (χ0n) is 8.55. The summed E-state index contributed by atoms with van der Waals surface area (Å²) in [5.74, 6) is 5.53. The van der Waals surface area contributed by atoms with Crippen LogP contribution in [-0.2, 0) is 0 Å². The molecular formula is C13H10N2Se. The Kier molecular flexibility index (Phi) is 2.28. The second kappa shape index (κ2) is 3.78. The van der Waals surface area contributed by atoms with Crippen molar-refractivity contribution in [2.24, 2.45) is 10.9 Å². The van der Waals surface area contributed by atoms with Gasteiger partial charge in [-0.15, -0.1) is 0 Å². The third kappa shape index (κ3) is 1.37. The molecule has 0 aliphatic carbocycles. The van der Waals surface area contributed by atoms with Crippen molar-refractivity contribution in [3.8, 4) is 0 Å². The van der Waals surface area contributed by atoms with E-state index in [-0.39, 0.29) is 0 Å². The van der Waals surface area contributed by atoms with Gasteiger partial charge in [-0.2, -0.15) is 0 Å². The molecule has 16 heavy (non-hydrogen) atoms. The molecule has 0 unspecified atom stereocenters. The zero-order chi connectivity index (χ0) is 11.0. The molecule has 0 aliphatic heterocycles. The Morgan fingerprint density at radius 1 is 0.812 bits per heavy atom. The molecule has 0 atom stereocenters. The van der Waals surface area contributed by atoms with Crippen LogP contribution >= 0.6 is 0 Å². The zero-order valence-corrected chi connectivity index (χ0v) is 10.3. The minimum atomic E-state index is 0.362. The van der Waals surface area contributed by atoms with Gasteiger partial charge in [0, 0.05) is 0 Å². The maximum absolute atomic E-state index is 5.53. The van der Waals surface area contributed by atoms with Crippen molar-refractivity contribution in [3.63, 3.8) is 0 Å². The predicted octanol–water partition coefficient (Wildman–Crippen LogP) is 1.82. The van der Waals surface area contributed by atoms with Gasteiger partial charge >= 0.3 is 98.6 Å². The molecule has 0 bridgehead atoms. The van der Waals surface area contributed by atoms with Crippen LogP contribution in [0.5, 0.6) is 0 Å². The first-order valence-electron chi connectivity index (χ1n) is 5.04. The second-order valence-electron chi connectivity index (χ2n) is 3.57. The van der Waals surface area contributed by atoms with E-state index in [4.69, 9.17) is 5.84 Å². The molecule has 0 spiro atoms. The van der Waals surface area contributed by atoms with Crippen molar-refractivity contribution < 1.29 is 0 Å². The van der Waals surface area contributed by atoms with Crippen LogP contribution in [0.1, 0.15) is 0 Å². The van der Waals surface area contributed by atoms with Gasteiger partial charge < -0.3 is 0 Å². The Labute approximate surface area is 98.8 Å². The van der Waals surface area contributed by atoms with Crippen LogP contribution in [0, 0.1) is 0 Å². The molecule has 2 aromatic carbocycles. The summed E-state index contributed by atoms with van der Waals surface area (Å²) in [5, 5.41) is 7.24. The van der Waals surface area contributed by atoms with Crippen LogP contribution in [0.25, 0.3) is 19.3 Å². The Balaban J connectivity index is 2.68. The number of fused-ring (bicyclic) bond motifs is 2. The van der Waals surface area contributed by atoms with E-state index in [0.29, 0.717) is 14.5 Å². The minimum absolute atomic E-state index is 0.362. The Hall–Kier alpha value is -1.57. The number of rotatable bonds is 0. The van der Waals surface area contributed by atoms with E-state index in [1.54, 1.807) is 0 Å². The molecule has 1 heterocycles. The van der Waals surface area contributed by atoms with Gasteiger partial charge in [-0.3, -0.25) is 0 Å². The second-order valence-corrected chi connectivity index (χ2v) is 5.85.